The fraction of sp³-hybridized carbons (Fsp3) is 0.222. The summed E-state index contributed by atoms with van der Waals surface area (Å²) in [7, 11) is 0. The van der Waals surface area contributed by atoms with Crippen LogP contribution in [-0.4, -0.2) is 15.6 Å². The van der Waals surface area contributed by atoms with E-state index in [1.165, 1.54) is 4.57 Å². The molecule has 0 radical (unpaired) electrons. The van der Waals surface area contributed by atoms with Crippen LogP contribution >= 0.6 is 0 Å². The molecule has 2 aromatic rings. The van der Waals surface area contributed by atoms with Crippen molar-refractivity contribution in [2.45, 2.75) is 26.5 Å². The van der Waals surface area contributed by atoms with Gasteiger partial charge in [0.25, 0.3) is 5.56 Å². The molecule has 1 N–H and O–H groups in total. The highest BCUT2D eigenvalue weighted by molar-refractivity contribution is 5.68. The lowest BCUT2D eigenvalue weighted by Crippen LogP contribution is -2.30. The van der Waals surface area contributed by atoms with Crippen molar-refractivity contribution in [3.63, 3.8) is 0 Å². The van der Waals surface area contributed by atoms with Crippen LogP contribution in [0.5, 0.6) is 5.75 Å². The first-order valence-electron chi connectivity index (χ1n) is 7.33. The number of hydrogen-bond donors (Lipinski definition) is 1. The molecule has 0 fully saturated rings. The molecule has 23 heavy (non-hydrogen) atoms. The van der Waals surface area contributed by atoms with E-state index in [4.69, 9.17) is 9.84 Å². The molecule has 3 rings (SSSR count). The average molecular weight is 311 g/mol. The zero-order valence-corrected chi connectivity index (χ0v) is 12.9. The minimum atomic E-state index is -1.05. The van der Waals surface area contributed by atoms with Crippen LogP contribution in [0.3, 0.4) is 0 Å². The van der Waals surface area contributed by atoms with Crippen LogP contribution in [0.25, 0.3) is 6.08 Å². The molecule has 1 aliphatic rings. The maximum absolute atomic E-state index is 12.5. The molecule has 0 saturated heterocycles. The van der Waals surface area contributed by atoms with E-state index in [1.807, 2.05) is 37.3 Å². The summed E-state index contributed by atoms with van der Waals surface area (Å²) >= 11 is 0. The average Bonchev–Trinajstić information content (AvgIpc) is 2.52. The van der Waals surface area contributed by atoms with Crippen molar-refractivity contribution in [1.29, 1.82) is 0 Å². The normalized spacial score (nSPS) is 16.3. The smallest absolute Gasteiger partial charge is 0.323 e. The van der Waals surface area contributed by atoms with E-state index < -0.39 is 5.97 Å². The van der Waals surface area contributed by atoms with Gasteiger partial charge in [0.15, 0.2) is 0 Å². The van der Waals surface area contributed by atoms with Gasteiger partial charge in [0.05, 0.1) is 5.56 Å². The predicted octanol–water partition coefficient (Wildman–Crippen LogP) is 2.78. The maximum atomic E-state index is 12.5. The molecule has 1 aliphatic heterocycles. The van der Waals surface area contributed by atoms with Crippen LogP contribution in [0.1, 0.15) is 29.8 Å². The third kappa shape index (κ3) is 2.77. The predicted molar refractivity (Wildman–Crippen MR) is 86.5 cm³/mol. The number of aryl methyl sites for hydroxylation is 1. The number of carboxylic acid groups (broad SMARTS) is 1. The number of benzene rings is 1. The molecule has 5 heteroatoms. The van der Waals surface area contributed by atoms with Gasteiger partial charge in [0.1, 0.15) is 18.4 Å². The molecule has 1 atom stereocenters. The number of aromatic nitrogens is 1. The highest BCUT2D eigenvalue weighted by atomic mass is 16.5. The van der Waals surface area contributed by atoms with Crippen molar-refractivity contribution in [1.82, 2.24) is 4.57 Å². The Morgan fingerprint density at radius 2 is 1.96 bits per heavy atom. The van der Waals surface area contributed by atoms with Gasteiger partial charge < -0.3 is 14.4 Å². The van der Waals surface area contributed by atoms with E-state index in [0.29, 0.717) is 17.0 Å². The maximum Gasteiger partial charge on any atom is 0.323 e. The molecule has 0 bridgehead atoms. The lowest BCUT2D eigenvalue weighted by Gasteiger charge is -2.26. The highest BCUT2D eigenvalue weighted by Gasteiger charge is 2.25. The quantitative estimate of drug-likeness (QED) is 0.946. The van der Waals surface area contributed by atoms with Crippen molar-refractivity contribution in [2.24, 2.45) is 0 Å². The molecule has 1 unspecified atom stereocenters. The van der Waals surface area contributed by atoms with E-state index in [0.717, 1.165) is 11.1 Å². The van der Waals surface area contributed by atoms with Crippen LogP contribution < -0.4 is 10.3 Å². The van der Waals surface area contributed by atoms with E-state index in [1.54, 1.807) is 19.1 Å². The summed E-state index contributed by atoms with van der Waals surface area (Å²) in [4.78, 5) is 23.5. The second-order valence-electron chi connectivity index (χ2n) is 5.65. The van der Waals surface area contributed by atoms with Crippen LogP contribution in [0, 0.1) is 6.92 Å². The van der Waals surface area contributed by atoms with Crippen LogP contribution in [0.2, 0.25) is 0 Å². The number of ether oxygens (including phenoxy) is 1. The topological polar surface area (TPSA) is 68.5 Å². The summed E-state index contributed by atoms with van der Waals surface area (Å²) in [5, 5.41) is 8.96. The summed E-state index contributed by atoms with van der Waals surface area (Å²) in [6.07, 6.45) is 1.55. The molecule has 0 aliphatic carbocycles. The first kappa shape index (κ1) is 15.1. The van der Waals surface area contributed by atoms with Gasteiger partial charge in [-0.25, -0.2) is 0 Å². The monoisotopic (exact) mass is 311 g/mol. The van der Waals surface area contributed by atoms with Crippen molar-refractivity contribution < 1.29 is 14.6 Å². The lowest BCUT2D eigenvalue weighted by atomic mass is 9.98. The standard InChI is InChI=1S/C18H17NO4/c1-11-8-14-15(23-17(11)13-6-4-3-5-7-13)9-12(2)19(18(14)22)10-16(20)21/h3-9,17H,10H2,1-2H3,(H,20,21). The largest absolute Gasteiger partial charge is 0.480 e. The SMILES string of the molecule is CC1=Cc2c(cc(C)n(CC(=O)O)c2=O)OC1c1ccccc1. The third-order valence-electron chi connectivity index (χ3n) is 3.93. The molecule has 2 heterocycles. The molecule has 118 valence electrons. The molecule has 1 aromatic heterocycles. The zero-order valence-electron chi connectivity index (χ0n) is 12.9. The zero-order chi connectivity index (χ0) is 16.6. The Hall–Kier alpha value is -2.82. The number of hydrogen-bond acceptors (Lipinski definition) is 3. The summed E-state index contributed by atoms with van der Waals surface area (Å²) < 4.78 is 7.27. The number of nitrogens with zero attached hydrogens (tertiary/aromatic N) is 1. The summed E-state index contributed by atoms with van der Waals surface area (Å²) in [5.41, 5.74) is 2.55. The van der Waals surface area contributed by atoms with Gasteiger partial charge in [0, 0.05) is 11.8 Å². The Labute approximate surface area is 133 Å². The minimum Gasteiger partial charge on any atom is -0.480 e. The first-order valence-corrected chi connectivity index (χ1v) is 7.33. The number of aliphatic carboxylic acids is 1. The van der Waals surface area contributed by atoms with Gasteiger partial charge >= 0.3 is 5.97 Å². The number of rotatable bonds is 3. The van der Waals surface area contributed by atoms with Gasteiger partial charge in [-0.3, -0.25) is 9.59 Å². The van der Waals surface area contributed by atoms with E-state index >= 15 is 0 Å². The fourth-order valence-corrected chi connectivity index (χ4v) is 2.80. The molecule has 0 spiro atoms. The van der Waals surface area contributed by atoms with Gasteiger partial charge in [-0.15, -0.1) is 0 Å². The molecule has 0 saturated carbocycles. The Bertz CT molecular complexity index is 849. The fourth-order valence-electron chi connectivity index (χ4n) is 2.80. The van der Waals surface area contributed by atoms with Gasteiger partial charge in [-0.05, 0) is 31.1 Å². The van der Waals surface area contributed by atoms with E-state index in [9.17, 15) is 9.59 Å². The molecular weight excluding hydrogens is 294 g/mol. The van der Waals surface area contributed by atoms with Crippen molar-refractivity contribution in [2.75, 3.05) is 0 Å². The summed E-state index contributed by atoms with van der Waals surface area (Å²) in [5.74, 6) is -0.552. The van der Waals surface area contributed by atoms with Crippen LogP contribution in [0.4, 0.5) is 0 Å². The molecular formula is C18H17NO4. The Morgan fingerprint density at radius 3 is 2.61 bits per heavy atom. The van der Waals surface area contributed by atoms with Crippen LogP contribution in [0.15, 0.2) is 46.8 Å². The minimum absolute atomic E-state index is 0.238. The van der Waals surface area contributed by atoms with Gasteiger partial charge in [-0.2, -0.15) is 0 Å². The summed E-state index contributed by atoms with van der Waals surface area (Å²) in [6.45, 7) is 3.26. The first-order chi connectivity index (χ1) is 11.0. The molecule has 5 nitrogen and oxygen atoms in total. The van der Waals surface area contributed by atoms with Crippen LogP contribution in [-0.2, 0) is 11.3 Å². The van der Waals surface area contributed by atoms with Gasteiger partial charge in [-0.1, -0.05) is 30.3 Å². The Kier molecular flexibility index (Phi) is 3.78. The second kappa shape index (κ2) is 5.76. The van der Waals surface area contributed by atoms with E-state index in [2.05, 4.69) is 0 Å². The summed E-state index contributed by atoms with van der Waals surface area (Å²) in [6, 6.07) is 11.5. The molecule has 0 amide bonds. The van der Waals surface area contributed by atoms with Crippen molar-refractivity contribution >= 4 is 12.0 Å². The lowest BCUT2D eigenvalue weighted by molar-refractivity contribution is -0.137. The number of fused-ring (bicyclic) bond motifs is 1. The van der Waals surface area contributed by atoms with Crippen molar-refractivity contribution in [3.05, 3.63) is 69.1 Å². The highest BCUT2D eigenvalue weighted by Crippen LogP contribution is 2.35. The second-order valence-corrected chi connectivity index (χ2v) is 5.65. The molecule has 1 aromatic carbocycles. The van der Waals surface area contributed by atoms with Gasteiger partial charge in [0.2, 0.25) is 0 Å². The van der Waals surface area contributed by atoms with E-state index in [-0.39, 0.29) is 18.2 Å². The number of carbonyl (C=O) groups is 1. The Morgan fingerprint density at radius 1 is 1.26 bits per heavy atom. The number of carboxylic acids is 1. The Balaban J connectivity index is 2.08. The third-order valence-corrected chi connectivity index (χ3v) is 3.93. The van der Waals surface area contributed by atoms with Crippen molar-refractivity contribution in [3.8, 4) is 5.75 Å². The number of pyridine rings is 1.